The molecule has 0 heterocycles. The summed E-state index contributed by atoms with van der Waals surface area (Å²) in [5.41, 5.74) is 2.01. The van der Waals surface area contributed by atoms with E-state index in [9.17, 15) is 18.0 Å². The lowest BCUT2D eigenvalue weighted by molar-refractivity contribution is -0.139. The van der Waals surface area contributed by atoms with Gasteiger partial charge in [0.15, 0.2) is 0 Å². The molecule has 2 amide bonds. The Balaban J connectivity index is 1.69. The number of nitrogens with one attached hydrogen (secondary N) is 1. The van der Waals surface area contributed by atoms with Gasteiger partial charge in [-0.3, -0.25) is 13.9 Å². The molecule has 0 radical (unpaired) electrons. The number of anilines is 1. The number of benzene rings is 3. The summed E-state index contributed by atoms with van der Waals surface area (Å²) >= 11 is 3.42. The molecule has 0 bridgehead atoms. The van der Waals surface area contributed by atoms with E-state index in [0.29, 0.717) is 15.9 Å². The molecule has 0 saturated heterocycles. The van der Waals surface area contributed by atoms with E-state index in [1.807, 2.05) is 19.1 Å². The first-order valence-corrected chi connectivity index (χ1v) is 15.9. The van der Waals surface area contributed by atoms with E-state index < -0.39 is 28.5 Å². The van der Waals surface area contributed by atoms with Crippen molar-refractivity contribution >= 4 is 43.5 Å². The fourth-order valence-electron chi connectivity index (χ4n) is 4.94. The molecular weight excluding hydrogens is 606 g/mol. The minimum absolute atomic E-state index is 0.0715. The van der Waals surface area contributed by atoms with E-state index in [-0.39, 0.29) is 23.4 Å². The molecule has 1 fully saturated rings. The van der Waals surface area contributed by atoms with E-state index in [0.717, 1.165) is 41.1 Å². The second-order valence-corrected chi connectivity index (χ2v) is 13.1. The number of rotatable bonds is 11. The van der Waals surface area contributed by atoms with Crippen LogP contribution in [0.4, 0.5) is 5.69 Å². The molecule has 218 valence electrons. The molecule has 10 heteroatoms. The summed E-state index contributed by atoms with van der Waals surface area (Å²) in [6.07, 6.45) is 3.94. The van der Waals surface area contributed by atoms with Crippen molar-refractivity contribution in [2.24, 2.45) is 0 Å². The van der Waals surface area contributed by atoms with Crippen molar-refractivity contribution in [1.82, 2.24) is 10.2 Å². The van der Waals surface area contributed by atoms with Crippen LogP contribution in [0.1, 0.15) is 43.7 Å². The normalized spacial score (nSPS) is 14.3. The number of halogens is 1. The Morgan fingerprint density at radius 2 is 1.71 bits per heavy atom. The van der Waals surface area contributed by atoms with Gasteiger partial charge in [-0.1, -0.05) is 64.7 Å². The van der Waals surface area contributed by atoms with Gasteiger partial charge in [-0.05, 0) is 74.7 Å². The molecule has 8 nitrogen and oxygen atoms in total. The average molecular weight is 643 g/mol. The van der Waals surface area contributed by atoms with Gasteiger partial charge in [-0.15, -0.1) is 0 Å². The maximum Gasteiger partial charge on any atom is 0.264 e. The number of hydrogen-bond donors (Lipinski definition) is 1. The molecule has 1 atom stereocenters. The second-order valence-electron chi connectivity index (χ2n) is 10.3. The predicted molar refractivity (Wildman–Crippen MR) is 163 cm³/mol. The lowest BCUT2D eigenvalue weighted by Gasteiger charge is -2.32. The third kappa shape index (κ3) is 7.68. The molecule has 4 rings (SSSR count). The van der Waals surface area contributed by atoms with Gasteiger partial charge in [-0.2, -0.15) is 0 Å². The van der Waals surface area contributed by atoms with Crippen LogP contribution in [0.2, 0.25) is 0 Å². The molecule has 1 saturated carbocycles. The van der Waals surface area contributed by atoms with Crippen LogP contribution in [0, 0.1) is 6.92 Å². The predicted octanol–water partition coefficient (Wildman–Crippen LogP) is 5.44. The highest BCUT2D eigenvalue weighted by Crippen LogP contribution is 2.27. The molecule has 1 aliphatic carbocycles. The van der Waals surface area contributed by atoms with Gasteiger partial charge in [0.05, 0.1) is 17.7 Å². The highest BCUT2D eigenvalue weighted by atomic mass is 79.9. The standard InChI is InChI=1S/C31H36BrN3O5S/c1-22-14-16-29(17-15-22)41(38,39)35(27-12-7-9-25(32)19-27)21-30(36)34(20-24-8-6-13-28(18-24)40-3)23(2)31(37)33-26-10-4-5-11-26/h6-9,12-19,23,26H,4-5,10-11,20-21H2,1-3H3,(H,33,37). The number of nitrogens with zero attached hydrogens (tertiary/aromatic N) is 2. The van der Waals surface area contributed by atoms with E-state index in [1.165, 1.54) is 17.0 Å². The van der Waals surface area contributed by atoms with E-state index in [1.54, 1.807) is 62.6 Å². The zero-order chi connectivity index (χ0) is 29.6. The molecule has 0 aromatic heterocycles. The number of sulfonamides is 1. The van der Waals surface area contributed by atoms with Crippen molar-refractivity contribution in [3.05, 3.63) is 88.4 Å². The summed E-state index contributed by atoms with van der Waals surface area (Å²) in [6.45, 7) is 3.17. The SMILES string of the molecule is COc1cccc(CN(C(=O)CN(c2cccc(Br)c2)S(=O)(=O)c2ccc(C)cc2)C(C)C(=O)NC2CCCC2)c1. The minimum Gasteiger partial charge on any atom is -0.497 e. The third-order valence-electron chi connectivity index (χ3n) is 7.34. The highest BCUT2D eigenvalue weighted by Gasteiger charge is 2.33. The van der Waals surface area contributed by atoms with Crippen molar-refractivity contribution in [3.63, 3.8) is 0 Å². The van der Waals surface area contributed by atoms with Crippen molar-refractivity contribution in [2.45, 2.75) is 63.1 Å². The van der Waals surface area contributed by atoms with Crippen LogP contribution in [-0.4, -0.2) is 50.9 Å². The number of carbonyl (C=O) groups is 2. The Morgan fingerprint density at radius 3 is 2.37 bits per heavy atom. The first-order valence-electron chi connectivity index (χ1n) is 13.7. The third-order valence-corrected chi connectivity index (χ3v) is 9.62. The van der Waals surface area contributed by atoms with Crippen LogP contribution >= 0.6 is 15.9 Å². The van der Waals surface area contributed by atoms with Crippen LogP contribution in [-0.2, 0) is 26.2 Å². The Morgan fingerprint density at radius 1 is 1.02 bits per heavy atom. The summed E-state index contributed by atoms with van der Waals surface area (Å²) in [5, 5.41) is 3.08. The molecule has 0 spiro atoms. The summed E-state index contributed by atoms with van der Waals surface area (Å²) in [7, 11) is -2.56. The van der Waals surface area contributed by atoms with Gasteiger partial charge in [0.1, 0.15) is 18.3 Å². The molecule has 3 aromatic rings. The van der Waals surface area contributed by atoms with Crippen molar-refractivity contribution in [2.75, 3.05) is 18.0 Å². The fraction of sp³-hybridized carbons (Fsp3) is 0.355. The van der Waals surface area contributed by atoms with Gasteiger partial charge >= 0.3 is 0 Å². The number of hydrogen-bond acceptors (Lipinski definition) is 5. The van der Waals surface area contributed by atoms with E-state index in [2.05, 4.69) is 21.2 Å². The topological polar surface area (TPSA) is 96.0 Å². The monoisotopic (exact) mass is 641 g/mol. The Labute approximate surface area is 250 Å². The fourth-order valence-corrected chi connectivity index (χ4v) is 6.73. The van der Waals surface area contributed by atoms with E-state index >= 15 is 0 Å². The van der Waals surface area contributed by atoms with Gasteiger partial charge in [0.2, 0.25) is 11.8 Å². The number of ether oxygens (including phenoxy) is 1. The van der Waals surface area contributed by atoms with Crippen molar-refractivity contribution in [3.8, 4) is 5.75 Å². The summed E-state index contributed by atoms with van der Waals surface area (Å²) < 4.78 is 35.0. The molecule has 1 N–H and O–H groups in total. The summed E-state index contributed by atoms with van der Waals surface area (Å²) in [6, 6.07) is 19.8. The molecule has 1 unspecified atom stereocenters. The maximum absolute atomic E-state index is 14.1. The molecule has 3 aromatic carbocycles. The molecule has 0 aliphatic heterocycles. The zero-order valence-corrected chi connectivity index (χ0v) is 25.9. The average Bonchev–Trinajstić information content (AvgIpc) is 3.47. The smallest absolute Gasteiger partial charge is 0.264 e. The molecular formula is C31H36BrN3O5S. The summed E-state index contributed by atoms with van der Waals surface area (Å²) in [5.74, 6) is -0.142. The maximum atomic E-state index is 14.1. The minimum atomic E-state index is -4.12. The summed E-state index contributed by atoms with van der Waals surface area (Å²) in [4.78, 5) is 28.9. The quantitative estimate of drug-likeness (QED) is 0.301. The lowest BCUT2D eigenvalue weighted by atomic mass is 10.1. The zero-order valence-electron chi connectivity index (χ0n) is 23.5. The molecule has 1 aliphatic rings. The Kier molecular flexibility index (Phi) is 10.1. The van der Waals surface area contributed by atoms with Crippen LogP contribution in [0.5, 0.6) is 5.75 Å². The van der Waals surface area contributed by atoms with Crippen LogP contribution in [0.3, 0.4) is 0 Å². The van der Waals surface area contributed by atoms with Gasteiger partial charge < -0.3 is 15.0 Å². The number of carbonyl (C=O) groups excluding carboxylic acids is 2. The van der Waals surface area contributed by atoms with Gasteiger partial charge in [0.25, 0.3) is 10.0 Å². The van der Waals surface area contributed by atoms with Gasteiger partial charge in [0, 0.05) is 17.1 Å². The van der Waals surface area contributed by atoms with Crippen molar-refractivity contribution < 1.29 is 22.7 Å². The van der Waals surface area contributed by atoms with Crippen LogP contribution in [0.25, 0.3) is 0 Å². The first-order chi connectivity index (χ1) is 19.6. The lowest BCUT2D eigenvalue weighted by Crippen LogP contribution is -2.52. The van der Waals surface area contributed by atoms with Crippen LogP contribution in [0.15, 0.2) is 82.2 Å². The highest BCUT2D eigenvalue weighted by molar-refractivity contribution is 9.10. The number of methoxy groups -OCH3 is 1. The number of aryl methyl sites for hydroxylation is 1. The van der Waals surface area contributed by atoms with E-state index in [4.69, 9.17) is 4.74 Å². The number of amides is 2. The van der Waals surface area contributed by atoms with Gasteiger partial charge in [-0.25, -0.2) is 8.42 Å². The largest absolute Gasteiger partial charge is 0.497 e. The first kappa shape index (κ1) is 30.6. The second kappa shape index (κ2) is 13.5. The van der Waals surface area contributed by atoms with Crippen molar-refractivity contribution in [1.29, 1.82) is 0 Å². The molecule has 41 heavy (non-hydrogen) atoms. The Hall–Kier alpha value is -3.37. The Bertz CT molecular complexity index is 1470. The van der Waals surface area contributed by atoms with Crippen LogP contribution < -0.4 is 14.4 Å².